The third-order valence-corrected chi connectivity index (χ3v) is 4.68. The number of fused-ring (bicyclic) bond motifs is 1. The van der Waals surface area contributed by atoms with Gasteiger partial charge in [-0.1, -0.05) is 47.6 Å². The Morgan fingerprint density at radius 1 is 0.958 bits per heavy atom. The van der Waals surface area contributed by atoms with Gasteiger partial charge >= 0.3 is 0 Å². The van der Waals surface area contributed by atoms with E-state index in [-0.39, 0.29) is 0 Å². The number of benzene rings is 2. The topological polar surface area (TPSA) is 51.8 Å². The van der Waals surface area contributed by atoms with E-state index in [0.717, 1.165) is 27.8 Å². The van der Waals surface area contributed by atoms with Gasteiger partial charge in [0.2, 0.25) is 5.89 Å². The van der Waals surface area contributed by atoms with Crippen LogP contribution in [0.1, 0.15) is 5.56 Å². The molecule has 0 bridgehead atoms. The molecule has 2 heterocycles. The maximum absolute atomic E-state index is 5.89. The van der Waals surface area contributed by atoms with Crippen molar-refractivity contribution in [3.8, 4) is 11.5 Å². The zero-order valence-electron chi connectivity index (χ0n) is 12.5. The highest BCUT2D eigenvalue weighted by atomic mass is 35.5. The van der Waals surface area contributed by atoms with Gasteiger partial charge in [-0.25, -0.2) is 0 Å². The predicted octanol–water partition coefficient (Wildman–Crippen LogP) is 5.23. The Bertz CT molecular complexity index is 980. The fraction of sp³-hybridized carbons (Fsp3) is 0.0556. The van der Waals surface area contributed by atoms with Gasteiger partial charge in [0.25, 0.3) is 5.22 Å². The SMILES string of the molecule is Clc1ccc(-c2nnc(SCc3cccc4cccnc34)o2)cc1. The van der Waals surface area contributed by atoms with E-state index >= 15 is 0 Å². The summed E-state index contributed by atoms with van der Waals surface area (Å²) in [5, 5.41) is 10.5. The van der Waals surface area contributed by atoms with Crippen molar-refractivity contribution < 1.29 is 4.42 Å². The number of aromatic nitrogens is 3. The van der Waals surface area contributed by atoms with Crippen LogP contribution in [0, 0.1) is 0 Å². The fourth-order valence-electron chi connectivity index (χ4n) is 2.40. The highest BCUT2D eigenvalue weighted by Gasteiger charge is 2.10. The number of para-hydroxylation sites is 1. The molecule has 4 nitrogen and oxygen atoms in total. The molecule has 0 radical (unpaired) electrons. The van der Waals surface area contributed by atoms with Crippen LogP contribution in [-0.2, 0) is 5.75 Å². The molecule has 24 heavy (non-hydrogen) atoms. The van der Waals surface area contributed by atoms with Crippen LogP contribution < -0.4 is 0 Å². The van der Waals surface area contributed by atoms with Crippen molar-refractivity contribution in [2.45, 2.75) is 11.0 Å². The minimum absolute atomic E-state index is 0.491. The minimum atomic E-state index is 0.491. The first-order valence-corrected chi connectivity index (χ1v) is 8.71. The normalized spacial score (nSPS) is 11.0. The molecule has 0 N–H and O–H groups in total. The van der Waals surface area contributed by atoms with Crippen LogP contribution in [-0.4, -0.2) is 15.2 Å². The van der Waals surface area contributed by atoms with E-state index in [1.54, 1.807) is 12.1 Å². The number of nitrogens with zero attached hydrogens (tertiary/aromatic N) is 3. The first-order chi connectivity index (χ1) is 11.8. The number of pyridine rings is 1. The average molecular weight is 354 g/mol. The van der Waals surface area contributed by atoms with Crippen LogP contribution >= 0.6 is 23.4 Å². The zero-order chi connectivity index (χ0) is 16.4. The molecule has 0 saturated carbocycles. The molecule has 6 heteroatoms. The quantitative estimate of drug-likeness (QED) is 0.470. The van der Waals surface area contributed by atoms with Crippen LogP contribution in [0.5, 0.6) is 0 Å². The standard InChI is InChI=1S/C18H12ClN3OS/c19-15-8-6-13(7-9-15)17-21-22-18(23-17)24-11-14-4-1-3-12-5-2-10-20-16(12)14/h1-10H,11H2. The molecule has 0 unspecified atom stereocenters. The largest absolute Gasteiger partial charge is 0.411 e. The molecule has 0 aliphatic rings. The third kappa shape index (κ3) is 3.13. The van der Waals surface area contributed by atoms with Gasteiger partial charge in [-0.05, 0) is 35.9 Å². The van der Waals surface area contributed by atoms with Gasteiger partial charge in [-0.3, -0.25) is 4.98 Å². The Balaban J connectivity index is 1.53. The van der Waals surface area contributed by atoms with Crippen molar-refractivity contribution in [1.82, 2.24) is 15.2 Å². The lowest BCUT2D eigenvalue weighted by molar-refractivity contribution is 0.466. The molecule has 0 fully saturated rings. The summed E-state index contributed by atoms with van der Waals surface area (Å²) < 4.78 is 5.72. The first-order valence-electron chi connectivity index (χ1n) is 7.34. The Morgan fingerprint density at radius 3 is 2.67 bits per heavy atom. The van der Waals surface area contributed by atoms with Crippen LogP contribution in [0.15, 0.2) is 70.4 Å². The van der Waals surface area contributed by atoms with Gasteiger partial charge < -0.3 is 4.42 Å². The maximum atomic E-state index is 5.89. The maximum Gasteiger partial charge on any atom is 0.277 e. The van der Waals surface area contributed by atoms with Crippen molar-refractivity contribution in [3.63, 3.8) is 0 Å². The minimum Gasteiger partial charge on any atom is -0.411 e. The average Bonchev–Trinajstić information content (AvgIpc) is 3.09. The zero-order valence-corrected chi connectivity index (χ0v) is 14.1. The lowest BCUT2D eigenvalue weighted by Crippen LogP contribution is -1.86. The molecule has 118 valence electrons. The smallest absolute Gasteiger partial charge is 0.277 e. The van der Waals surface area contributed by atoms with Gasteiger partial charge in [0.1, 0.15) is 0 Å². The summed E-state index contributed by atoms with van der Waals surface area (Å²) >= 11 is 7.39. The molecule has 0 amide bonds. The highest BCUT2D eigenvalue weighted by molar-refractivity contribution is 7.98. The highest BCUT2D eigenvalue weighted by Crippen LogP contribution is 2.28. The monoisotopic (exact) mass is 353 g/mol. The molecule has 2 aromatic carbocycles. The molecule has 2 aromatic heterocycles. The number of rotatable bonds is 4. The number of thioether (sulfide) groups is 1. The summed E-state index contributed by atoms with van der Waals surface area (Å²) in [5.74, 6) is 1.21. The second-order valence-electron chi connectivity index (χ2n) is 5.16. The van der Waals surface area contributed by atoms with Gasteiger partial charge in [0.15, 0.2) is 0 Å². The lowest BCUT2D eigenvalue weighted by atomic mass is 10.1. The van der Waals surface area contributed by atoms with Crippen LogP contribution in [0.2, 0.25) is 5.02 Å². The van der Waals surface area contributed by atoms with E-state index in [1.807, 2.05) is 30.5 Å². The van der Waals surface area contributed by atoms with E-state index in [1.165, 1.54) is 11.8 Å². The molecule has 0 aliphatic carbocycles. The molecular weight excluding hydrogens is 342 g/mol. The Hall–Kier alpha value is -2.37. The molecule has 0 atom stereocenters. The van der Waals surface area contributed by atoms with Gasteiger partial charge in [-0.15, -0.1) is 10.2 Å². The molecular formula is C18H12ClN3OS. The van der Waals surface area contributed by atoms with E-state index < -0.39 is 0 Å². The Labute approximate surface area is 147 Å². The Kier molecular flexibility index (Phi) is 4.19. The van der Waals surface area contributed by atoms with Gasteiger partial charge in [0.05, 0.1) is 5.52 Å². The van der Waals surface area contributed by atoms with Crippen molar-refractivity contribution in [2.24, 2.45) is 0 Å². The van der Waals surface area contributed by atoms with E-state index in [2.05, 4.69) is 33.4 Å². The summed E-state index contributed by atoms with van der Waals surface area (Å²) in [7, 11) is 0. The van der Waals surface area contributed by atoms with Crippen molar-refractivity contribution in [3.05, 3.63) is 71.4 Å². The molecule has 0 spiro atoms. The Morgan fingerprint density at radius 2 is 1.79 bits per heavy atom. The van der Waals surface area contributed by atoms with Crippen molar-refractivity contribution in [1.29, 1.82) is 0 Å². The van der Waals surface area contributed by atoms with E-state index in [0.29, 0.717) is 16.1 Å². The van der Waals surface area contributed by atoms with Crippen molar-refractivity contribution in [2.75, 3.05) is 0 Å². The molecule has 0 aliphatic heterocycles. The fourth-order valence-corrected chi connectivity index (χ4v) is 3.27. The second-order valence-corrected chi connectivity index (χ2v) is 6.52. The molecule has 4 rings (SSSR count). The molecule has 4 aromatic rings. The number of hydrogen-bond acceptors (Lipinski definition) is 5. The van der Waals surface area contributed by atoms with Crippen molar-refractivity contribution >= 4 is 34.3 Å². The summed E-state index contributed by atoms with van der Waals surface area (Å²) in [6, 6.07) is 17.5. The summed E-state index contributed by atoms with van der Waals surface area (Å²) in [5.41, 5.74) is 3.00. The second kappa shape index (κ2) is 6.63. The van der Waals surface area contributed by atoms with Crippen LogP contribution in [0.4, 0.5) is 0 Å². The number of hydrogen-bond donors (Lipinski definition) is 0. The summed E-state index contributed by atoms with van der Waals surface area (Å²) in [4.78, 5) is 4.46. The van der Waals surface area contributed by atoms with E-state index in [9.17, 15) is 0 Å². The summed E-state index contributed by atoms with van der Waals surface area (Å²) in [6.07, 6.45) is 1.81. The third-order valence-electron chi connectivity index (χ3n) is 3.57. The summed E-state index contributed by atoms with van der Waals surface area (Å²) in [6.45, 7) is 0. The first kappa shape index (κ1) is 15.2. The van der Waals surface area contributed by atoms with Crippen LogP contribution in [0.25, 0.3) is 22.4 Å². The van der Waals surface area contributed by atoms with E-state index in [4.69, 9.17) is 16.0 Å². The van der Waals surface area contributed by atoms with Gasteiger partial charge in [-0.2, -0.15) is 0 Å². The number of halogens is 1. The van der Waals surface area contributed by atoms with Gasteiger partial charge in [0, 0.05) is 27.9 Å². The van der Waals surface area contributed by atoms with Crippen LogP contribution in [0.3, 0.4) is 0 Å². The predicted molar refractivity (Wildman–Crippen MR) is 96.0 cm³/mol. The molecule has 0 saturated heterocycles. The lowest BCUT2D eigenvalue weighted by Gasteiger charge is -2.03.